The summed E-state index contributed by atoms with van der Waals surface area (Å²) in [5.41, 5.74) is 1.21. The molecular formula is C22H20N2O3S. The van der Waals surface area contributed by atoms with E-state index in [1.54, 1.807) is 55.6 Å². The van der Waals surface area contributed by atoms with Gasteiger partial charge in [-0.2, -0.15) is 0 Å². The van der Waals surface area contributed by atoms with Crippen LogP contribution in [0.5, 0.6) is 5.75 Å². The molecule has 3 rings (SSSR count). The smallest absolute Gasteiger partial charge is 0.277 e. The molecule has 0 aliphatic heterocycles. The van der Waals surface area contributed by atoms with Crippen LogP contribution in [-0.2, 0) is 4.79 Å². The van der Waals surface area contributed by atoms with Crippen molar-refractivity contribution in [2.24, 2.45) is 4.99 Å². The highest BCUT2D eigenvalue weighted by atomic mass is 32.1. The van der Waals surface area contributed by atoms with Crippen LogP contribution in [0.25, 0.3) is 0 Å². The first-order valence-corrected chi connectivity index (χ1v) is 9.63. The number of nitrogens with zero attached hydrogens (tertiary/aromatic N) is 1. The largest absolute Gasteiger partial charge is 0.497 e. The first-order valence-electron chi connectivity index (χ1n) is 8.75. The second-order valence-corrected chi connectivity index (χ2v) is 7.07. The molecule has 0 spiro atoms. The van der Waals surface area contributed by atoms with Gasteiger partial charge in [-0.05, 0) is 47.8 Å². The Morgan fingerprint density at radius 2 is 1.71 bits per heavy atom. The van der Waals surface area contributed by atoms with Crippen molar-refractivity contribution in [2.75, 3.05) is 12.4 Å². The Hall–Kier alpha value is -3.25. The number of aliphatic imine (C=N–C) groups is 1. The van der Waals surface area contributed by atoms with Gasteiger partial charge in [-0.15, -0.1) is 11.3 Å². The Kier molecular flexibility index (Phi) is 6.34. The van der Waals surface area contributed by atoms with Gasteiger partial charge in [-0.3, -0.25) is 9.59 Å². The average Bonchev–Trinajstić information content (AvgIpc) is 3.27. The molecular weight excluding hydrogens is 372 g/mol. The number of hydrogen-bond acceptors (Lipinski definition) is 4. The molecule has 0 bridgehead atoms. The number of carbonyl (C=O) groups excluding carboxylic acids is 2. The van der Waals surface area contributed by atoms with Crippen LogP contribution in [0.3, 0.4) is 0 Å². The van der Waals surface area contributed by atoms with Crippen LogP contribution in [0.15, 0.2) is 77.1 Å². The van der Waals surface area contributed by atoms with Gasteiger partial charge in [0.05, 0.1) is 7.11 Å². The predicted molar refractivity (Wildman–Crippen MR) is 113 cm³/mol. The van der Waals surface area contributed by atoms with Crippen LogP contribution in [0, 0.1) is 0 Å². The van der Waals surface area contributed by atoms with Gasteiger partial charge in [-0.25, -0.2) is 4.99 Å². The van der Waals surface area contributed by atoms with Crippen molar-refractivity contribution in [3.63, 3.8) is 0 Å². The fraction of sp³-hybridized carbons (Fsp3) is 0.136. The maximum absolute atomic E-state index is 12.9. The summed E-state index contributed by atoms with van der Waals surface area (Å²) in [5.74, 6) is -0.469. The fourth-order valence-corrected chi connectivity index (χ4v) is 3.43. The summed E-state index contributed by atoms with van der Waals surface area (Å²) < 4.78 is 5.13. The summed E-state index contributed by atoms with van der Waals surface area (Å²) in [4.78, 5) is 30.7. The van der Waals surface area contributed by atoms with Gasteiger partial charge in [0.2, 0.25) is 0 Å². The molecule has 0 aliphatic carbocycles. The van der Waals surface area contributed by atoms with E-state index in [1.165, 1.54) is 11.3 Å². The Labute approximate surface area is 167 Å². The number of hydrogen-bond donors (Lipinski definition) is 1. The highest BCUT2D eigenvalue weighted by molar-refractivity contribution is 7.10. The van der Waals surface area contributed by atoms with E-state index in [4.69, 9.17) is 4.74 Å². The summed E-state index contributed by atoms with van der Waals surface area (Å²) in [5, 5.41) is 4.75. The fourth-order valence-electron chi connectivity index (χ4n) is 2.64. The summed E-state index contributed by atoms with van der Waals surface area (Å²) in [6.45, 7) is 1.87. The summed E-state index contributed by atoms with van der Waals surface area (Å²) in [7, 11) is 1.58. The summed E-state index contributed by atoms with van der Waals surface area (Å²) in [6.07, 6.45) is 0. The van der Waals surface area contributed by atoms with Gasteiger partial charge in [-0.1, -0.05) is 31.2 Å². The van der Waals surface area contributed by atoms with Crippen molar-refractivity contribution >= 4 is 34.6 Å². The zero-order valence-corrected chi connectivity index (χ0v) is 16.4. The number of anilines is 1. The molecule has 1 N–H and O–H groups in total. The van der Waals surface area contributed by atoms with Crippen molar-refractivity contribution in [3.8, 4) is 5.75 Å². The average molecular weight is 392 g/mol. The lowest BCUT2D eigenvalue weighted by Gasteiger charge is -2.14. The number of thiophene rings is 1. The zero-order valence-electron chi connectivity index (χ0n) is 15.6. The highest BCUT2D eigenvalue weighted by Crippen LogP contribution is 2.24. The molecule has 142 valence electrons. The highest BCUT2D eigenvalue weighted by Gasteiger charge is 2.23. The maximum atomic E-state index is 12.9. The molecule has 1 atom stereocenters. The van der Waals surface area contributed by atoms with E-state index in [9.17, 15) is 9.59 Å². The molecule has 2 aromatic carbocycles. The molecule has 3 aromatic rings. The van der Waals surface area contributed by atoms with Gasteiger partial charge in [0, 0.05) is 22.0 Å². The third-order valence-electron chi connectivity index (χ3n) is 4.20. The van der Waals surface area contributed by atoms with E-state index in [1.807, 2.05) is 30.5 Å². The van der Waals surface area contributed by atoms with E-state index in [0.717, 1.165) is 4.88 Å². The number of carbonyl (C=O) groups is 2. The van der Waals surface area contributed by atoms with Crippen LogP contribution in [-0.4, -0.2) is 24.6 Å². The van der Waals surface area contributed by atoms with Crippen LogP contribution < -0.4 is 10.1 Å². The predicted octanol–water partition coefficient (Wildman–Crippen LogP) is 4.78. The van der Waals surface area contributed by atoms with Gasteiger partial charge in [0.15, 0.2) is 0 Å². The molecule has 6 heteroatoms. The topological polar surface area (TPSA) is 67.8 Å². The van der Waals surface area contributed by atoms with E-state index in [-0.39, 0.29) is 11.6 Å². The molecule has 0 saturated carbocycles. The van der Waals surface area contributed by atoms with Crippen molar-refractivity contribution < 1.29 is 14.3 Å². The second kappa shape index (κ2) is 9.10. The zero-order chi connectivity index (χ0) is 19.9. The molecule has 1 aromatic heterocycles. The monoisotopic (exact) mass is 392 g/mol. The summed E-state index contributed by atoms with van der Waals surface area (Å²) in [6, 6.07) is 19.5. The lowest BCUT2D eigenvalue weighted by molar-refractivity contribution is -0.110. The van der Waals surface area contributed by atoms with E-state index < -0.39 is 11.8 Å². The Bertz CT molecular complexity index is 965. The number of amides is 2. The van der Waals surface area contributed by atoms with Crippen molar-refractivity contribution in [3.05, 3.63) is 82.6 Å². The molecule has 0 saturated heterocycles. The quantitative estimate of drug-likeness (QED) is 0.614. The third-order valence-corrected chi connectivity index (χ3v) is 5.26. The molecule has 1 unspecified atom stereocenters. The Morgan fingerprint density at radius 3 is 2.32 bits per heavy atom. The van der Waals surface area contributed by atoms with Gasteiger partial charge in [0.1, 0.15) is 11.5 Å². The lowest BCUT2D eigenvalue weighted by atomic mass is 10.0. The van der Waals surface area contributed by atoms with E-state index in [2.05, 4.69) is 10.3 Å². The van der Waals surface area contributed by atoms with Gasteiger partial charge < -0.3 is 10.1 Å². The molecule has 0 aliphatic rings. The van der Waals surface area contributed by atoms with Crippen LogP contribution in [0.2, 0.25) is 0 Å². The molecule has 1 heterocycles. The Balaban J connectivity index is 1.89. The first kappa shape index (κ1) is 19.5. The normalized spacial score (nSPS) is 12.3. The number of benzene rings is 2. The van der Waals surface area contributed by atoms with Crippen molar-refractivity contribution in [1.29, 1.82) is 0 Å². The second-order valence-electron chi connectivity index (χ2n) is 6.09. The third kappa shape index (κ3) is 4.72. The molecule has 5 nitrogen and oxygen atoms in total. The number of rotatable bonds is 6. The minimum atomic E-state index is -0.441. The minimum Gasteiger partial charge on any atom is -0.497 e. The number of ether oxygens (including phenoxy) is 1. The Morgan fingerprint density at radius 1 is 1.00 bits per heavy atom. The molecule has 2 amide bonds. The van der Waals surface area contributed by atoms with Crippen LogP contribution in [0.1, 0.15) is 28.1 Å². The van der Waals surface area contributed by atoms with E-state index >= 15 is 0 Å². The SMILES string of the molecule is COc1ccc(NC(=O)C(=NC(=O)c2ccccc2)C(C)c2cccs2)cc1. The van der Waals surface area contributed by atoms with E-state index in [0.29, 0.717) is 17.0 Å². The molecule has 0 radical (unpaired) electrons. The standard InChI is InChI=1S/C22H20N2O3S/c1-15(19-9-6-14-28-19)20(24-21(25)16-7-4-3-5-8-16)22(26)23-17-10-12-18(27-2)13-11-17/h3-15H,1-2H3,(H,23,26). The van der Waals surface area contributed by atoms with Crippen LogP contribution in [0.4, 0.5) is 5.69 Å². The first-order chi connectivity index (χ1) is 13.6. The van der Waals surface area contributed by atoms with Gasteiger partial charge in [0.25, 0.3) is 11.8 Å². The molecule has 28 heavy (non-hydrogen) atoms. The maximum Gasteiger partial charge on any atom is 0.277 e. The van der Waals surface area contributed by atoms with Crippen molar-refractivity contribution in [1.82, 2.24) is 0 Å². The van der Waals surface area contributed by atoms with Gasteiger partial charge >= 0.3 is 0 Å². The lowest BCUT2D eigenvalue weighted by Crippen LogP contribution is -2.28. The summed E-state index contributed by atoms with van der Waals surface area (Å²) >= 11 is 1.52. The number of methoxy groups -OCH3 is 1. The van der Waals surface area contributed by atoms with Crippen LogP contribution >= 0.6 is 11.3 Å². The van der Waals surface area contributed by atoms with Crippen molar-refractivity contribution in [2.45, 2.75) is 12.8 Å². The minimum absolute atomic E-state index is 0.173. The number of nitrogens with one attached hydrogen (secondary N) is 1. The molecule has 0 fully saturated rings.